The summed E-state index contributed by atoms with van der Waals surface area (Å²) in [7, 11) is 3.48. The topological polar surface area (TPSA) is 37.6 Å². The lowest BCUT2D eigenvalue weighted by Gasteiger charge is -2.12. The zero-order valence-electron chi connectivity index (χ0n) is 13.9. The second-order valence-corrected chi connectivity index (χ2v) is 6.76. The van der Waals surface area contributed by atoms with E-state index in [1.54, 1.807) is 19.0 Å². The van der Waals surface area contributed by atoms with Crippen LogP contribution in [-0.4, -0.2) is 34.6 Å². The first-order valence-corrected chi connectivity index (χ1v) is 8.62. The third kappa shape index (κ3) is 2.70. The van der Waals surface area contributed by atoms with E-state index >= 15 is 0 Å². The number of carbonyl (C=O) groups excluding carboxylic acids is 1. The summed E-state index contributed by atoms with van der Waals surface area (Å²) in [4.78, 5) is 18.8. The Labute approximate surface area is 140 Å². The molecule has 1 fully saturated rings. The standard InChI is InChI=1S/C18H21N3OS/c1-5-12(2)21-11-13(14-8-6-7-9-15(14)21)10-16-17(22)20(4)18(19-3)23-16/h6-12H,5H2,1-4H3/b16-10-,19-18?/t12-/m1/s1. The van der Waals surface area contributed by atoms with Crippen LogP contribution >= 0.6 is 11.8 Å². The first-order chi connectivity index (χ1) is 11.1. The average molecular weight is 327 g/mol. The monoisotopic (exact) mass is 327 g/mol. The van der Waals surface area contributed by atoms with Crippen LogP contribution in [0.25, 0.3) is 17.0 Å². The van der Waals surface area contributed by atoms with Gasteiger partial charge in [0.2, 0.25) is 0 Å². The predicted molar refractivity (Wildman–Crippen MR) is 98.6 cm³/mol. The van der Waals surface area contributed by atoms with E-state index in [9.17, 15) is 4.79 Å². The lowest BCUT2D eigenvalue weighted by molar-refractivity contribution is -0.121. The van der Waals surface area contributed by atoms with Gasteiger partial charge >= 0.3 is 0 Å². The molecule has 0 spiro atoms. The zero-order chi connectivity index (χ0) is 16.6. The Kier molecular flexibility index (Phi) is 4.31. The molecule has 2 heterocycles. The Balaban J connectivity index is 2.11. The highest BCUT2D eigenvalue weighted by molar-refractivity contribution is 8.18. The maximum absolute atomic E-state index is 12.4. The molecule has 0 aliphatic carbocycles. The van der Waals surface area contributed by atoms with E-state index in [1.165, 1.54) is 22.7 Å². The van der Waals surface area contributed by atoms with Gasteiger partial charge in [-0.2, -0.15) is 0 Å². The molecule has 1 aliphatic rings. The molecule has 0 radical (unpaired) electrons. The molecule has 0 saturated carbocycles. The number of amidine groups is 1. The summed E-state index contributed by atoms with van der Waals surface area (Å²) in [6.07, 6.45) is 5.21. The molecule has 0 unspecified atom stereocenters. The van der Waals surface area contributed by atoms with Gasteiger partial charge in [0, 0.05) is 42.8 Å². The van der Waals surface area contributed by atoms with Gasteiger partial charge in [-0.05, 0) is 37.2 Å². The number of aliphatic imine (C=N–C) groups is 1. The molecule has 1 atom stereocenters. The summed E-state index contributed by atoms with van der Waals surface area (Å²) < 4.78 is 2.30. The summed E-state index contributed by atoms with van der Waals surface area (Å²) in [5, 5.41) is 1.92. The molecule has 1 aromatic heterocycles. The van der Waals surface area contributed by atoms with Crippen molar-refractivity contribution in [1.29, 1.82) is 0 Å². The first-order valence-electron chi connectivity index (χ1n) is 7.80. The average Bonchev–Trinajstić information content (AvgIpc) is 3.07. The maximum Gasteiger partial charge on any atom is 0.266 e. The molecule has 2 aromatic rings. The number of likely N-dealkylation sites (N-methyl/N-ethyl adjacent to an activating group) is 1. The Morgan fingerprint density at radius 3 is 2.74 bits per heavy atom. The fourth-order valence-corrected chi connectivity index (χ4v) is 3.72. The minimum absolute atomic E-state index is 0.0102. The van der Waals surface area contributed by atoms with Gasteiger partial charge in [0.05, 0.1) is 4.91 Å². The predicted octanol–water partition coefficient (Wildman–Crippen LogP) is 4.14. The quantitative estimate of drug-likeness (QED) is 0.794. The number of carbonyl (C=O) groups is 1. The third-order valence-electron chi connectivity index (χ3n) is 4.32. The highest BCUT2D eigenvalue weighted by atomic mass is 32.2. The normalized spacial score (nSPS) is 20.2. The number of rotatable bonds is 3. The van der Waals surface area contributed by atoms with Gasteiger partial charge in [-0.3, -0.25) is 14.7 Å². The molecule has 3 rings (SSSR count). The van der Waals surface area contributed by atoms with Gasteiger partial charge in [-0.1, -0.05) is 25.1 Å². The Morgan fingerprint density at radius 1 is 1.35 bits per heavy atom. The van der Waals surface area contributed by atoms with Crippen LogP contribution < -0.4 is 0 Å². The van der Waals surface area contributed by atoms with Crippen LogP contribution in [0.1, 0.15) is 31.9 Å². The number of fused-ring (bicyclic) bond motifs is 1. The van der Waals surface area contributed by atoms with Crippen LogP contribution in [-0.2, 0) is 4.79 Å². The molecule has 120 valence electrons. The van der Waals surface area contributed by atoms with E-state index in [4.69, 9.17) is 0 Å². The van der Waals surface area contributed by atoms with Crippen molar-refractivity contribution >= 4 is 39.8 Å². The van der Waals surface area contributed by atoms with Crippen molar-refractivity contribution in [3.8, 4) is 0 Å². The van der Waals surface area contributed by atoms with Crippen molar-refractivity contribution in [1.82, 2.24) is 9.47 Å². The largest absolute Gasteiger partial charge is 0.344 e. The number of benzene rings is 1. The first kappa shape index (κ1) is 15.9. The number of hydrogen-bond donors (Lipinski definition) is 0. The van der Waals surface area contributed by atoms with E-state index in [1.807, 2.05) is 12.1 Å². The summed E-state index contributed by atoms with van der Waals surface area (Å²) in [6, 6.07) is 8.78. The molecule has 23 heavy (non-hydrogen) atoms. The molecular weight excluding hydrogens is 306 g/mol. The SMILES string of the molecule is CC[C@@H](C)n1cc(/C=C2\SC(=NC)N(C)C2=O)c2ccccc21. The lowest BCUT2D eigenvalue weighted by Crippen LogP contribution is -2.23. The van der Waals surface area contributed by atoms with Crippen LogP contribution in [0.3, 0.4) is 0 Å². The van der Waals surface area contributed by atoms with Crippen LogP contribution in [0.15, 0.2) is 40.4 Å². The summed E-state index contributed by atoms with van der Waals surface area (Å²) in [5.74, 6) is 0.0102. The molecule has 1 saturated heterocycles. The van der Waals surface area contributed by atoms with Gasteiger partial charge in [0.15, 0.2) is 5.17 Å². The number of thioether (sulfide) groups is 1. The second kappa shape index (κ2) is 6.24. The van der Waals surface area contributed by atoms with Crippen molar-refractivity contribution in [2.75, 3.05) is 14.1 Å². The van der Waals surface area contributed by atoms with E-state index in [0.29, 0.717) is 6.04 Å². The second-order valence-electron chi connectivity index (χ2n) is 5.75. The number of aromatic nitrogens is 1. The van der Waals surface area contributed by atoms with Gasteiger partial charge < -0.3 is 4.57 Å². The van der Waals surface area contributed by atoms with Crippen molar-refractivity contribution in [2.45, 2.75) is 26.3 Å². The molecule has 1 aromatic carbocycles. The van der Waals surface area contributed by atoms with Crippen LogP contribution in [0.2, 0.25) is 0 Å². The fourth-order valence-electron chi connectivity index (χ4n) is 2.80. The van der Waals surface area contributed by atoms with Crippen molar-refractivity contribution in [3.05, 3.63) is 40.9 Å². The molecule has 1 aliphatic heterocycles. The van der Waals surface area contributed by atoms with Crippen LogP contribution in [0, 0.1) is 0 Å². The van der Waals surface area contributed by atoms with Crippen molar-refractivity contribution in [3.63, 3.8) is 0 Å². The maximum atomic E-state index is 12.4. The molecule has 0 bridgehead atoms. The van der Waals surface area contributed by atoms with Crippen molar-refractivity contribution in [2.24, 2.45) is 4.99 Å². The van der Waals surface area contributed by atoms with E-state index in [2.05, 4.69) is 47.8 Å². The smallest absolute Gasteiger partial charge is 0.266 e. The summed E-state index contributed by atoms with van der Waals surface area (Å²) >= 11 is 1.43. The fraction of sp³-hybridized carbons (Fsp3) is 0.333. The van der Waals surface area contributed by atoms with E-state index in [0.717, 1.165) is 22.1 Å². The number of para-hydroxylation sites is 1. The molecule has 1 amide bonds. The highest BCUT2D eigenvalue weighted by Crippen LogP contribution is 2.34. The minimum atomic E-state index is 0.0102. The number of nitrogens with zero attached hydrogens (tertiary/aromatic N) is 3. The number of amides is 1. The van der Waals surface area contributed by atoms with Gasteiger partial charge in [0.1, 0.15) is 0 Å². The van der Waals surface area contributed by atoms with Gasteiger partial charge in [0.25, 0.3) is 5.91 Å². The summed E-state index contributed by atoms with van der Waals surface area (Å²) in [6.45, 7) is 4.40. The Bertz CT molecular complexity index is 819. The third-order valence-corrected chi connectivity index (χ3v) is 5.47. The molecule has 5 heteroatoms. The van der Waals surface area contributed by atoms with E-state index in [-0.39, 0.29) is 5.91 Å². The Morgan fingerprint density at radius 2 is 2.09 bits per heavy atom. The summed E-state index contributed by atoms with van der Waals surface area (Å²) in [5.41, 5.74) is 2.30. The lowest BCUT2D eigenvalue weighted by atomic mass is 10.1. The zero-order valence-corrected chi connectivity index (χ0v) is 14.7. The van der Waals surface area contributed by atoms with Crippen LogP contribution in [0.5, 0.6) is 0 Å². The van der Waals surface area contributed by atoms with Crippen molar-refractivity contribution < 1.29 is 4.79 Å². The van der Waals surface area contributed by atoms with Gasteiger partial charge in [-0.15, -0.1) is 0 Å². The Hall–Kier alpha value is -2.01. The highest BCUT2D eigenvalue weighted by Gasteiger charge is 2.30. The van der Waals surface area contributed by atoms with Gasteiger partial charge in [-0.25, -0.2) is 0 Å². The number of hydrogen-bond acceptors (Lipinski definition) is 3. The molecule has 4 nitrogen and oxygen atoms in total. The molecule has 0 N–H and O–H groups in total. The molecular formula is C18H21N3OS. The van der Waals surface area contributed by atoms with Crippen LogP contribution in [0.4, 0.5) is 0 Å². The minimum Gasteiger partial charge on any atom is -0.344 e. The van der Waals surface area contributed by atoms with E-state index < -0.39 is 0 Å².